The largest absolute Gasteiger partial charge is 0.312 e. The second-order valence-electron chi connectivity index (χ2n) is 4.32. The van der Waals surface area contributed by atoms with Gasteiger partial charge < -0.3 is 5.32 Å². The maximum Gasteiger partial charge on any atom is 0.0312 e. The van der Waals surface area contributed by atoms with Gasteiger partial charge in [-0.1, -0.05) is 13.0 Å². The molecule has 0 saturated heterocycles. The van der Waals surface area contributed by atoms with Crippen molar-refractivity contribution in [2.75, 3.05) is 6.54 Å². The number of hydrogen-bond acceptors (Lipinski definition) is 2. The fraction of sp³-hybridized carbons (Fsp3) is 0.583. The lowest BCUT2D eigenvalue weighted by molar-refractivity contribution is 0.443. The summed E-state index contributed by atoms with van der Waals surface area (Å²) in [6.45, 7) is 4.41. The molecule has 1 aromatic heterocycles. The molecule has 1 N–H and O–H groups in total. The number of nitrogens with zero attached hydrogens (tertiary/aromatic N) is 1. The van der Waals surface area contributed by atoms with Gasteiger partial charge in [0.1, 0.15) is 0 Å². The van der Waals surface area contributed by atoms with E-state index in [0.717, 1.165) is 6.54 Å². The van der Waals surface area contributed by atoms with Gasteiger partial charge in [0.05, 0.1) is 0 Å². The SMILES string of the molecule is CCC1(CNCc2cccnc2)CC1. The lowest BCUT2D eigenvalue weighted by Crippen LogP contribution is -2.23. The molecule has 0 atom stereocenters. The highest BCUT2D eigenvalue weighted by molar-refractivity contribution is 5.08. The first-order valence-electron chi connectivity index (χ1n) is 5.44. The normalized spacial score (nSPS) is 18.1. The van der Waals surface area contributed by atoms with Crippen LogP contribution in [0.3, 0.4) is 0 Å². The van der Waals surface area contributed by atoms with Gasteiger partial charge in [-0.15, -0.1) is 0 Å². The molecule has 2 nitrogen and oxygen atoms in total. The zero-order chi connectivity index (χ0) is 9.86. The van der Waals surface area contributed by atoms with Crippen LogP contribution < -0.4 is 5.32 Å². The molecule has 1 aliphatic carbocycles. The summed E-state index contributed by atoms with van der Waals surface area (Å²) < 4.78 is 0. The molecule has 0 aromatic carbocycles. The van der Waals surface area contributed by atoms with Crippen molar-refractivity contribution in [2.24, 2.45) is 5.41 Å². The fourth-order valence-electron chi connectivity index (χ4n) is 1.81. The Morgan fingerprint density at radius 2 is 2.36 bits per heavy atom. The lowest BCUT2D eigenvalue weighted by Gasteiger charge is -2.12. The summed E-state index contributed by atoms with van der Waals surface area (Å²) in [6, 6.07) is 4.11. The third kappa shape index (κ3) is 2.32. The fourth-order valence-corrected chi connectivity index (χ4v) is 1.81. The Hall–Kier alpha value is -0.890. The summed E-state index contributed by atoms with van der Waals surface area (Å²) >= 11 is 0. The van der Waals surface area contributed by atoms with Crippen molar-refractivity contribution in [1.29, 1.82) is 0 Å². The molecule has 0 unspecified atom stereocenters. The predicted octanol–water partition coefficient (Wildman–Crippen LogP) is 2.36. The van der Waals surface area contributed by atoms with E-state index in [1.807, 2.05) is 18.5 Å². The Kier molecular flexibility index (Phi) is 2.82. The lowest BCUT2D eigenvalue weighted by atomic mass is 10.0. The zero-order valence-electron chi connectivity index (χ0n) is 8.79. The Labute approximate surface area is 85.7 Å². The smallest absolute Gasteiger partial charge is 0.0312 e. The average Bonchev–Trinajstić information content (AvgIpc) is 3.00. The third-order valence-corrected chi connectivity index (χ3v) is 3.26. The van der Waals surface area contributed by atoms with Gasteiger partial charge in [-0.3, -0.25) is 4.98 Å². The van der Waals surface area contributed by atoms with E-state index in [0.29, 0.717) is 5.41 Å². The van der Waals surface area contributed by atoms with Gasteiger partial charge >= 0.3 is 0 Å². The highest BCUT2D eigenvalue weighted by Gasteiger charge is 2.39. The van der Waals surface area contributed by atoms with Gasteiger partial charge in [-0.25, -0.2) is 0 Å². The molecular weight excluding hydrogens is 172 g/mol. The van der Waals surface area contributed by atoms with Crippen LogP contribution in [0, 0.1) is 5.41 Å². The summed E-state index contributed by atoms with van der Waals surface area (Å²) in [6.07, 6.45) is 7.87. The number of nitrogens with one attached hydrogen (secondary N) is 1. The van der Waals surface area contributed by atoms with Crippen LogP contribution in [0.4, 0.5) is 0 Å². The molecule has 1 aliphatic rings. The summed E-state index contributed by atoms with van der Waals surface area (Å²) in [5.41, 5.74) is 1.92. The summed E-state index contributed by atoms with van der Waals surface area (Å²) in [5, 5.41) is 3.52. The number of aromatic nitrogens is 1. The molecule has 0 bridgehead atoms. The van der Waals surface area contributed by atoms with Crippen LogP contribution in [-0.4, -0.2) is 11.5 Å². The van der Waals surface area contributed by atoms with Gasteiger partial charge in [0.2, 0.25) is 0 Å². The van der Waals surface area contributed by atoms with Crippen LogP contribution in [0.2, 0.25) is 0 Å². The topological polar surface area (TPSA) is 24.9 Å². The van der Waals surface area contributed by atoms with Crippen molar-refractivity contribution < 1.29 is 0 Å². The van der Waals surface area contributed by atoms with Crippen molar-refractivity contribution >= 4 is 0 Å². The quantitative estimate of drug-likeness (QED) is 0.771. The van der Waals surface area contributed by atoms with E-state index < -0.39 is 0 Å². The van der Waals surface area contributed by atoms with E-state index in [1.165, 1.54) is 31.4 Å². The van der Waals surface area contributed by atoms with Crippen LogP contribution in [-0.2, 0) is 6.54 Å². The predicted molar refractivity (Wildman–Crippen MR) is 57.9 cm³/mol. The van der Waals surface area contributed by atoms with Gasteiger partial charge in [-0.05, 0) is 36.3 Å². The van der Waals surface area contributed by atoms with Crippen molar-refractivity contribution in [1.82, 2.24) is 10.3 Å². The molecule has 2 rings (SSSR count). The first-order valence-corrected chi connectivity index (χ1v) is 5.44. The maximum atomic E-state index is 4.10. The molecule has 1 heterocycles. The molecule has 14 heavy (non-hydrogen) atoms. The Balaban J connectivity index is 1.73. The molecule has 2 heteroatoms. The minimum atomic E-state index is 0.641. The van der Waals surface area contributed by atoms with Crippen LogP contribution in [0.15, 0.2) is 24.5 Å². The maximum absolute atomic E-state index is 4.10. The molecular formula is C12H18N2. The number of hydrogen-bond donors (Lipinski definition) is 1. The average molecular weight is 190 g/mol. The Morgan fingerprint density at radius 1 is 1.50 bits per heavy atom. The van der Waals surface area contributed by atoms with Gasteiger partial charge in [-0.2, -0.15) is 0 Å². The van der Waals surface area contributed by atoms with Crippen molar-refractivity contribution in [3.8, 4) is 0 Å². The number of pyridine rings is 1. The van der Waals surface area contributed by atoms with E-state index in [9.17, 15) is 0 Å². The second kappa shape index (κ2) is 4.09. The van der Waals surface area contributed by atoms with Crippen LogP contribution in [0.5, 0.6) is 0 Å². The van der Waals surface area contributed by atoms with E-state index in [-0.39, 0.29) is 0 Å². The van der Waals surface area contributed by atoms with Gasteiger partial charge in [0.15, 0.2) is 0 Å². The van der Waals surface area contributed by atoms with Gasteiger partial charge in [0, 0.05) is 25.5 Å². The van der Waals surface area contributed by atoms with E-state index in [1.54, 1.807) is 0 Å². The zero-order valence-corrected chi connectivity index (χ0v) is 8.79. The molecule has 0 radical (unpaired) electrons. The van der Waals surface area contributed by atoms with Crippen molar-refractivity contribution in [3.05, 3.63) is 30.1 Å². The Bertz CT molecular complexity index is 278. The van der Waals surface area contributed by atoms with Crippen LogP contribution in [0.25, 0.3) is 0 Å². The molecule has 76 valence electrons. The molecule has 1 saturated carbocycles. The first-order chi connectivity index (χ1) is 6.85. The highest BCUT2D eigenvalue weighted by atomic mass is 14.9. The minimum absolute atomic E-state index is 0.641. The Morgan fingerprint density at radius 3 is 2.93 bits per heavy atom. The second-order valence-corrected chi connectivity index (χ2v) is 4.32. The van der Waals surface area contributed by atoms with Crippen LogP contribution in [0.1, 0.15) is 31.7 Å². The van der Waals surface area contributed by atoms with E-state index >= 15 is 0 Å². The minimum Gasteiger partial charge on any atom is -0.312 e. The van der Waals surface area contributed by atoms with Crippen molar-refractivity contribution in [2.45, 2.75) is 32.7 Å². The molecule has 0 aliphatic heterocycles. The van der Waals surface area contributed by atoms with Crippen molar-refractivity contribution in [3.63, 3.8) is 0 Å². The van der Waals surface area contributed by atoms with Gasteiger partial charge in [0.25, 0.3) is 0 Å². The monoisotopic (exact) mass is 190 g/mol. The van der Waals surface area contributed by atoms with E-state index in [2.05, 4.69) is 23.3 Å². The standard InChI is InChI=1S/C12H18N2/c1-2-12(5-6-12)10-14-9-11-4-3-7-13-8-11/h3-4,7-8,14H,2,5-6,9-10H2,1H3. The summed E-state index contributed by atoms with van der Waals surface area (Å²) in [5.74, 6) is 0. The molecule has 0 amide bonds. The highest BCUT2D eigenvalue weighted by Crippen LogP contribution is 2.47. The summed E-state index contributed by atoms with van der Waals surface area (Å²) in [4.78, 5) is 4.10. The summed E-state index contributed by atoms with van der Waals surface area (Å²) in [7, 11) is 0. The molecule has 0 spiro atoms. The first kappa shape index (κ1) is 9.66. The number of rotatable bonds is 5. The van der Waals surface area contributed by atoms with E-state index in [4.69, 9.17) is 0 Å². The van der Waals surface area contributed by atoms with Crippen LogP contribution >= 0.6 is 0 Å². The molecule has 1 fully saturated rings. The molecule has 1 aromatic rings. The third-order valence-electron chi connectivity index (χ3n) is 3.26.